The summed E-state index contributed by atoms with van der Waals surface area (Å²) in [7, 11) is -1.72. The van der Waals surface area contributed by atoms with Crippen LogP contribution >= 0.6 is 11.6 Å². The maximum absolute atomic E-state index is 13.3. The molecule has 2 aromatic rings. The number of halogens is 1. The summed E-state index contributed by atoms with van der Waals surface area (Å²) in [5.74, 6) is -0.238. The third-order valence-electron chi connectivity index (χ3n) is 5.92. The molecule has 0 aliphatic heterocycles. The summed E-state index contributed by atoms with van der Waals surface area (Å²) in [6.07, 6.45) is 0.915. The van der Waals surface area contributed by atoms with Crippen molar-refractivity contribution in [2.24, 2.45) is 0 Å². The molecular formula is C25H34ClN3O2Si. The second kappa shape index (κ2) is 11.6. The maximum Gasteiger partial charge on any atom is 0.259 e. The number of carbonyl (C=O) groups is 1. The van der Waals surface area contributed by atoms with Crippen molar-refractivity contribution >= 4 is 31.5 Å². The van der Waals surface area contributed by atoms with Crippen LogP contribution in [-0.4, -0.2) is 40.5 Å². The highest BCUT2D eigenvalue weighted by Gasteiger charge is 2.36. The normalized spacial score (nSPS) is 11.8. The van der Waals surface area contributed by atoms with Crippen molar-refractivity contribution in [3.05, 3.63) is 64.7 Å². The first-order valence-electron chi connectivity index (χ1n) is 11.0. The average molecular weight is 472 g/mol. The Hall–Kier alpha value is -2.17. The number of para-hydroxylation sites is 1. The number of carbonyl (C=O) groups excluding carboxylic acids is 1. The average Bonchev–Trinajstić information content (AvgIpc) is 2.75. The molecule has 0 aliphatic rings. The number of hydrogen-bond donors (Lipinski definition) is 1. The molecule has 1 amide bonds. The first kappa shape index (κ1) is 26.1. The zero-order valence-corrected chi connectivity index (χ0v) is 21.5. The van der Waals surface area contributed by atoms with Gasteiger partial charge in [-0.3, -0.25) is 4.79 Å². The van der Waals surface area contributed by atoms with Gasteiger partial charge in [0.2, 0.25) is 0 Å². The molecule has 0 fully saturated rings. The minimum atomic E-state index is -1.72. The van der Waals surface area contributed by atoms with E-state index >= 15 is 0 Å². The Morgan fingerprint density at radius 2 is 1.84 bits per heavy atom. The van der Waals surface area contributed by atoms with Gasteiger partial charge >= 0.3 is 0 Å². The first-order valence-corrected chi connectivity index (χ1v) is 14.3. The second-order valence-corrected chi connectivity index (χ2v) is 14.6. The van der Waals surface area contributed by atoms with E-state index in [9.17, 15) is 10.1 Å². The van der Waals surface area contributed by atoms with Gasteiger partial charge in [0.15, 0.2) is 8.32 Å². The van der Waals surface area contributed by atoms with Crippen molar-refractivity contribution < 1.29 is 9.22 Å². The van der Waals surface area contributed by atoms with Crippen molar-refractivity contribution in [2.45, 2.75) is 45.3 Å². The highest BCUT2D eigenvalue weighted by Crippen LogP contribution is 2.36. The number of benzene rings is 2. The Kier molecular flexibility index (Phi) is 9.47. The lowest BCUT2D eigenvalue weighted by molar-refractivity contribution is 0.0986. The van der Waals surface area contributed by atoms with Gasteiger partial charge in [-0.1, -0.05) is 50.6 Å². The fourth-order valence-electron chi connectivity index (χ4n) is 2.95. The van der Waals surface area contributed by atoms with E-state index in [0.717, 1.165) is 25.3 Å². The molecule has 0 radical (unpaired) electrons. The monoisotopic (exact) mass is 471 g/mol. The van der Waals surface area contributed by atoms with Gasteiger partial charge in [0.1, 0.15) is 0 Å². The number of nitrogens with one attached hydrogen (secondary N) is 1. The fraction of sp³-hybridized carbons (Fsp3) is 0.440. The predicted octanol–water partition coefficient (Wildman–Crippen LogP) is 5.86. The van der Waals surface area contributed by atoms with Crippen molar-refractivity contribution in [1.29, 1.82) is 5.26 Å². The minimum Gasteiger partial charge on any atom is -0.417 e. The second-order valence-electron chi connectivity index (χ2n) is 9.31. The van der Waals surface area contributed by atoms with E-state index in [1.165, 1.54) is 0 Å². The number of hydrogen-bond acceptors (Lipinski definition) is 4. The Bertz CT molecular complexity index is 936. The maximum atomic E-state index is 13.3. The van der Waals surface area contributed by atoms with Crippen LogP contribution in [0.4, 0.5) is 5.69 Å². The zero-order chi connectivity index (χ0) is 23.8. The smallest absolute Gasteiger partial charge is 0.259 e. The highest BCUT2D eigenvalue weighted by atomic mass is 35.5. The molecular weight excluding hydrogens is 438 g/mol. The third-order valence-corrected chi connectivity index (χ3v) is 10.7. The van der Waals surface area contributed by atoms with Crippen LogP contribution in [0, 0.1) is 11.3 Å². The molecule has 0 atom stereocenters. The predicted molar refractivity (Wildman–Crippen MR) is 135 cm³/mol. The van der Waals surface area contributed by atoms with Crippen molar-refractivity contribution in [3.63, 3.8) is 0 Å². The third kappa shape index (κ3) is 7.18. The summed E-state index contributed by atoms with van der Waals surface area (Å²) in [4.78, 5) is 15.0. The zero-order valence-electron chi connectivity index (χ0n) is 19.7. The van der Waals surface area contributed by atoms with Gasteiger partial charge in [0.05, 0.1) is 17.2 Å². The Balaban J connectivity index is 1.97. The molecule has 32 heavy (non-hydrogen) atoms. The first-order chi connectivity index (χ1) is 15.1. The molecule has 172 valence electrons. The highest BCUT2D eigenvalue weighted by molar-refractivity contribution is 6.74. The molecule has 0 heterocycles. The summed E-state index contributed by atoms with van der Waals surface area (Å²) in [6.45, 7) is 13.9. The molecule has 5 nitrogen and oxygen atoms in total. The van der Waals surface area contributed by atoms with Crippen LogP contribution in [0.3, 0.4) is 0 Å². The van der Waals surface area contributed by atoms with Crippen LogP contribution in [-0.2, 0) is 4.43 Å². The van der Waals surface area contributed by atoms with Gasteiger partial charge < -0.3 is 14.6 Å². The van der Waals surface area contributed by atoms with Gasteiger partial charge in [-0.2, -0.15) is 5.26 Å². The largest absolute Gasteiger partial charge is 0.417 e. The van der Waals surface area contributed by atoms with E-state index in [1.54, 1.807) is 23.1 Å². The van der Waals surface area contributed by atoms with Gasteiger partial charge in [-0.25, -0.2) is 0 Å². The standard InChI is InChI=1S/C25H34ClN3O2Si/c1-25(2,3)32(4,5)31-17-9-14-28-15-16-29(22-10-7-6-8-11-22)24(30)23-18-21(26)13-12-20(23)19-27/h6-8,10-13,18,28H,9,14-17H2,1-5H3. The van der Waals surface area contributed by atoms with Crippen LogP contribution < -0.4 is 10.2 Å². The lowest BCUT2D eigenvalue weighted by Gasteiger charge is -2.36. The van der Waals surface area contributed by atoms with Crippen molar-refractivity contribution in [1.82, 2.24) is 5.32 Å². The van der Waals surface area contributed by atoms with Gasteiger partial charge in [-0.05, 0) is 61.4 Å². The van der Waals surface area contributed by atoms with E-state index in [4.69, 9.17) is 16.0 Å². The summed E-state index contributed by atoms with van der Waals surface area (Å²) in [5.41, 5.74) is 1.41. The minimum absolute atomic E-state index is 0.208. The fourth-order valence-corrected chi connectivity index (χ4v) is 4.21. The van der Waals surface area contributed by atoms with Gasteiger partial charge in [0, 0.05) is 30.4 Å². The molecule has 2 aromatic carbocycles. The Morgan fingerprint density at radius 1 is 1.16 bits per heavy atom. The van der Waals surface area contributed by atoms with E-state index in [1.807, 2.05) is 30.3 Å². The number of nitriles is 1. The summed E-state index contributed by atoms with van der Waals surface area (Å²) in [5, 5.41) is 13.5. The van der Waals surface area contributed by atoms with E-state index in [0.29, 0.717) is 29.2 Å². The summed E-state index contributed by atoms with van der Waals surface area (Å²) < 4.78 is 6.21. The number of rotatable bonds is 10. The number of amides is 1. The molecule has 2 rings (SSSR count). The van der Waals surface area contributed by atoms with Gasteiger partial charge in [0.25, 0.3) is 5.91 Å². The molecule has 0 bridgehead atoms. The Morgan fingerprint density at radius 3 is 2.47 bits per heavy atom. The lowest BCUT2D eigenvalue weighted by atomic mass is 10.1. The van der Waals surface area contributed by atoms with E-state index in [-0.39, 0.29) is 10.9 Å². The van der Waals surface area contributed by atoms with Crippen LogP contribution in [0.5, 0.6) is 0 Å². The van der Waals surface area contributed by atoms with E-state index in [2.05, 4.69) is 45.3 Å². The molecule has 7 heteroatoms. The summed E-state index contributed by atoms with van der Waals surface area (Å²) >= 11 is 6.10. The van der Waals surface area contributed by atoms with Gasteiger partial charge in [-0.15, -0.1) is 0 Å². The van der Waals surface area contributed by atoms with Crippen molar-refractivity contribution in [3.8, 4) is 6.07 Å². The molecule has 1 N–H and O–H groups in total. The molecule has 0 aliphatic carbocycles. The number of anilines is 1. The SMILES string of the molecule is CC(C)(C)[Si](C)(C)OCCCNCCN(C(=O)c1cc(Cl)ccc1C#N)c1ccccc1. The molecule has 0 saturated carbocycles. The van der Waals surface area contributed by atoms with Crippen molar-refractivity contribution in [2.75, 3.05) is 31.1 Å². The molecule has 0 saturated heterocycles. The quantitative estimate of drug-likeness (QED) is 0.348. The lowest BCUT2D eigenvalue weighted by Crippen LogP contribution is -2.41. The van der Waals surface area contributed by atoms with Crippen LogP contribution in [0.1, 0.15) is 43.1 Å². The Labute approximate surface area is 198 Å². The van der Waals surface area contributed by atoms with Crippen LogP contribution in [0.25, 0.3) is 0 Å². The molecule has 0 aromatic heterocycles. The topological polar surface area (TPSA) is 65.4 Å². The molecule has 0 unspecified atom stereocenters. The summed E-state index contributed by atoms with van der Waals surface area (Å²) in [6, 6.07) is 16.3. The number of nitrogens with zero attached hydrogens (tertiary/aromatic N) is 2. The van der Waals surface area contributed by atoms with Crippen LogP contribution in [0.15, 0.2) is 48.5 Å². The van der Waals surface area contributed by atoms with Crippen LogP contribution in [0.2, 0.25) is 23.2 Å². The van der Waals surface area contributed by atoms with E-state index < -0.39 is 8.32 Å². The molecule has 0 spiro atoms.